The molecule has 7 heteroatoms. The smallest absolute Gasteiger partial charge is 0.233 e. The number of amides is 1. The molecule has 6 nitrogen and oxygen atoms in total. The van der Waals surface area contributed by atoms with Crippen LogP contribution in [-0.4, -0.2) is 32.0 Å². The van der Waals surface area contributed by atoms with Crippen molar-refractivity contribution in [2.24, 2.45) is 13.0 Å². The number of nitrogens with one attached hydrogen (secondary N) is 1. The first kappa shape index (κ1) is 17.1. The summed E-state index contributed by atoms with van der Waals surface area (Å²) in [5, 5.41) is 12.1. The number of aromatic nitrogens is 3. The maximum absolute atomic E-state index is 12.5. The number of hydrogen-bond donors (Lipinski definition) is 1. The quantitative estimate of drug-likeness (QED) is 0.840. The van der Waals surface area contributed by atoms with E-state index in [1.165, 1.54) is 31.0 Å². The predicted octanol–water partition coefficient (Wildman–Crippen LogP) is 3.25. The monoisotopic (exact) mass is 348 g/mol. The molecule has 0 spiro atoms. The number of hydrogen-bond acceptors (Lipinski definition) is 5. The van der Waals surface area contributed by atoms with Crippen LogP contribution in [-0.2, 0) is 11.8 Å². The second-order valence-electron chi connectivity index (χ2n) is 6.48. The summed E-state index contributed by atoms with van der Waals surface area (Å²) in [6, 6.07) is 3.96. The van der Waals surface area contributed by atoms with Gasteiger partial charge < -0.3 is 14.3 Å². The Morgan fingerprint density at radius 1 is 1.42 bits per heavy atom. The lowest BCUT2D eigenvalue weighted by Crippen LogP contribution is -2.44. The third kappa shape index (κ3) is 3.66. The van der Waals surface area contributed by atoms with Crippen molar-refractivity contribution in [1.82, 2.24) is 20.1 Å². The molecule has 0 radical (unpaired) electrons. The molecule has 0 aliphatic heterocycles. The molecule has 24 heavy (non-hydrogen) atoms. The first-order valence-electron chi connectivity index (χ1n) is 8.46. The summed E-state index contributed by atoms with van der Waals surface area (Å²) in [4.78, 5) is 12.5. The van der Waals surface area contributed by atoms with E-state index in [0.29, 0.717) is 28.7 Å². The molecule has 0 unspecified atom stereocenters. The highest BCUT2D eigenvalue weighted by molar-refractivity contribution is 8.00. The van der Waals surface area contributed by atoms with Gasteiger partial charge in [-0.25, -0.2) is 0 Å². The van der Waals surface area contributed by atoms with Gasteiger partial charge >= 0.3 is 0 Å². The molecule has 2 heterocycles. The summed E-state index contributed by atoms with van der Waals surface area (Å²) < 4.78 is 7.22. The van der Waals surface area contributed by atoms with Crippen LogP contribution in [0.25, 0.3) is 11.6 Å². The Morgan fingerprint density at radius 2 is 2.21 bits per heavy atom. The third-order valence-corrected chi connectivity index (χ3v) is 5.80. The van der Waals surface area contributed by atoms with Gasteiger partial charge in [-0.3, -0.25) is 4.79 Å². The molecule has 3 rings (SSSR count). The van der Waals surface area contributed by atoms with Gasteiger partial charge in [0.2, 0.25) is 5.91 Å². The van der Waals surface area contributed by atoms with Crippen LogP contribution in [0.5, 0.6) is 0 Å². The fourth-order valence-electron chi connectivity index (χ4n) is 3.08. The third-order valence-electron chi connectivity index (χ3n) is 4.67. The lowest BCUT2D eigenvalue weighted by Gasteiger charge is -2.30. The summed E-state index contributed by atoms with van der Waals surface area (Å²) in [6.45, 7) is 4.13. The summed E-state index contributed by atoms with van der Waals surface area (Å²) in [6.07, 6.45) is 6.36. The highest BCUT2D eigenvalue weighted by atomic mass is 32.2. The average Bonchev–Trinajstić information content (AvgIpc) is 3.20. The molecule has 1 saturated carbocycles. The molecule has 0 saturated heterocycles. The van der Waals surface area contributed by atoms with Crippen molar-refractivity contribution in [3.63, 3.8) is 0 Å². The Balaban J connectivity index is 1.62. The van der Waals surface area contributed by atoms with Crippen LogP contribution in [0.15, 0.2) is 28.0 Å². The minimum absolute atomic E-state index is 0.0706. The van der Waals surface area contributed by atoms with Crippen LogP contribution < -0.4 is 5.32 Å². The van der Waals surface area contributed by atoms with Gasteiger partial charge in [-0.05, 0) is 37.8 Å². The van der Waals surface area contributed by atoms with Crippen LogP contribution >= 0.6 is 11.8 Å². The minimum Gasteiger partial charge on any atom is -0.461 e. The van der Waals surface area contributed by atoms with Crippen molar-refractivity contribution in [1.29, 1.82) is 0 Å². The molecule has 2 aromatic heterocycles. The van der Waals surface area contributed by atoms with E-state index < -0.39 is 0 Å². The topological polar surface area (TPSA) is 73.0 Å². The van der Waals surface area contributed by atoms with E-state index in [-0.39, 0.29) is 11.2 Å². The van der Waals surface area contributed by atoms with Crippen molar-refractivity contribution in [2.75, 3.05) is 0 Å². The fourth-order valence-corrected chi connectivity index (χ4v) is 3.90. The van der Waals surface area contributed by atoms with Gasteiger partial charge in [0.15, 0.2) is 16.7 Å². The Morgan fingerprint density at radius 3 is 2.92 bits per heavy atom. The van der Waals surface area contributed by atoms with Gasteiger partial charge in [-0.1, -0.05) is 31.5 Å². The van der Waals surface area contributed by atoms with Crippen LogP contribution in [0.1, 0.15) is 39.5 Å². The lowest BCUT2D eigenvalue weighted by molar-refractivity contribution is -0.121. The molecule has 1 N–H and O–H groups in total. The maximum atomic E-state index is 12.5. The SMILES string of the molecule is C[C@@H]1CCCC[C@@H]1NC(=O)[C@@H](C)Sc1nnc(-c2ccco2)n1C. The molecular formula is C17H24N4O2S. The lowest BCUT2D eigenvalue weighted by atomic mass is 9.86. The van der Waals surface area contributed by atoms with Crippen molar-refractivity contribution in [3.05, 3.63) is 18.4 Å². The number of thioether (sulfide) groups is 1. The van der Waals surface area contributed by atoms with Gasteiger partial charge in [0.1, 0.15) is 0 Å². The summed E-state index contributed by atoms with van der Waals surface area (Å²) in [5.41, 5.74) is 0. The second kappa shape index (κ2) is 7.42. The van der Waals surface area contributed by atoms with Gasteiger partial charge in [0.05, 0.1) is 11.5 Å². The highest BCUT2D eigenvalue weighted by Crippen LogP contribution is 2.27. The van der Waals surface area contributed by atoms with E-state index in [9.17, 15) is 4.79 Å². The van der Waals surface area contributed by atoms with Crippen molar-refractivity contribution < 1.29 is 9.21 Å². The van der Waals surface area contributed by atoms with Crippen molar-refractivity contribution in [2.45, 2.75) is 56.0 Å². The largest absolute Gasteiger partial charge is 0.461 e. The summed E-state index contributed by atoms with van der Waals surface area (Å²) in [7, 11) is 1.88. The number of nitrogens with zero attached hydrogens (tertiary/aromatic N) is 3. The molecule has 3 atom stereocenters. The van der Waals surface area contributed by atoms with E-state index in [1.54, 1.807) is 6.26 Å². The van der Waals surface area contributed by atoms with Crippen molar-refractivity contribution in [3.8, 4) is 11.6 Å². The standard InChI is InChI=1S/C17H24N4O2S/c1-11-7-4-5-8-13(11)18-16(22)12(2)24-17-20-19-15(21(17)3)14-9-6-10-23-14/h6,9-13H,4-5,7-8H2,1-3H3,(H,18,22)/t11-,12-,13+/m1/s1. The zero-order valence-corrected chi connectivity index (χ0v) is 15.2. The van der Waals surface area contributed by atoms with E-state index >= 15 is 0 Å². The first-order chi connectivity index (χ1) is 11.6. The molecule has 0 aromatic carbocycles. The Labute approximate surface area is 146 Å². The van der Waals surface area contributed by atoms with Gasteiger partial charge in [0, 0.05) is 13.1 Å². The number of rotatable bonds is 5. The zero-order chi connectivity index (χ0) is 17.1. The molecular weight excluding hydrogens is 324 g/mol. The summed E-state index contributed by atoms with van der Waals surface area (Å²) >= 11 is 1.42. The van der Waals surface area contributed by atoms with E-state index in [1.807, 2.05) is 30.7 Å². The molecule has 130 valence electrons. The average molecular weight is 348 g/mol. The van der Waals surface area contributed by atoms with E-state index in [4.69, 9.17) is 4.42 Å². The second-order valence-corrected chi connectivity index (χ2v) is 7.79. The minimum atomic E-state index is -0.216. The predicted molar refractivity (Wildman–Crippen MR) is 93.6 cm³/mol. The number of carbonyl (C=O) groups excluding carboxylic acids is 1. The molecule has 1 aliphatic carbocycles. The number of carbonyl (C=O) groups is 1. The zero-order valence-electron chi connectivity index (χ0n) is 14.4. The normalized spacial score (nSPS) is 22.3. The Kier molecular flexibility index (Phi) is 5.28. The van der Waals surface area contributed by atoms with Crippen molar-refractivity contribution >= 4 is 17.7 Å². The maximum Gasteiger partial charge on any atom is 0.233 e. The Bertz CT molecular complexity index is 683. The van der Waals surface area contributed by atoms with E-state index in [0.717, 1.165) is 6.42 Å². The molecule has 2 aromatic rings. The highest BCUT2D eigenvalue weighted by Gasteiger charge is 2.26. The Hall–Kier alpha value is -1.76. The van der Waals surface area contributed by atoms with Gasteiger partial charge in [-0.15, -0.1) is 10.2 Å². The molecule has 0 bridgehead atoms. The van der Waals surface area contributed by atoms with Gasteiger partial charge in [0.25, 0.3) is 0 Å². The van der Waals surface area contributed by atoms with Crippen LogP contribution in [0.4, 0.5) is 0 Å². The van der Waals surface area contributed by atoms with Gasteiger partial charge in [-0.2, -0.15) is 0 Å². The summed E-state index contributed by atoms with van der Waals surface area (Å²) in [5.74, 6) is 1.96. The fraction of sp³-hybridized carbons (Fsp3) is 0.588. The first-order valence-corrected chi connectivity index (χ1v) is 9.34. The number of furan rings is 1. The molecule has 1 aliphatic rings. The molecule has 1 amide bonds. The van der Waals surface area contributed by atoms with E-state index in [2.05, 4.69) is 22.4 Å². The van der Waals surface area contributed by atoms with Crippen LogP contribution in [0, 0.1) is 5.92 Å². The van der Waals surface area contributed by atoms with Crippen LogP contribution in [0.3, 0.4) is 0 Å². The van der Waals surface area contributed by atoms with Crippen LogP contribution in [0.2, 0.25) is 0 Å². The molecule has 1 fully saturated rings.